The Balaban J connectivity index is 1.93. The molecular formula is C18H28FN. The molecule has 1 atom stereocenters. The summed E-state index contributed by atoms with van der Waals surface area (Å²) in [5.41, 5.74) is 2.35. The summed E-state index contributed by atoms with van der Waals surface area (Å²) in [5, 5.41) is 3.47. The average Bonchev–Trinajstić information content (AvgIpc) is 2.69. The van der Waals surface area contributed by atoms with Crippen molar-refractivity contribution in [2.75, 3.05) is 7.05 Å². The Labute approximate surface area is 123 Å². The summed E-state index contributed by atoms with van der Waals surface area (Å²) in [6.07, 6.45) is 10.7. The van der Waals surface area contributed by atoms with Crippen LogP contribution in [-0.2, 0) is 6.42 Å². The van der Waals surface area contributed by atoms with E-state index in [1.807, 2.05) is 13.0 Å². The fourth-order valence-electron chi connectivity index (χ4n) is 3.46. The van der Waals surface area contributed by atoms with E-state index in [0.717, 1.165) is 17.9 Å². The van der Waals surface area contributed by atoms with Gasteiger partial charge in [0.15, 0.2) is 0 Å². The van der Waals surface area contributed by atoms with Crippen molar-refractivity contribution in [3.8, 4) is 0 Å². The summed E-state index contributed by atoms with van der Waals surface area (Å²) in [6, 6.07) is 5.69. The second-order valence-electron chi connectivity index (χ2n) is 6.35. The summed E-state index contributed by atoms with van der Waals surface area (Å²) in [4.78, 5) is 0. The molecule has 1 aliphatic carbocycles. The first kappa shape index (κ1) is 15.5. The molecule has 1 aromatic rings. The lowest BCUT2D eigenvalue weighted by Crippen LogP contribution is -2.30. The summed E-state index contributed by atoms with van der Waals surface area (Å²) >= 11 is 0. The zero-order chi connectivity index (χ0) is 14.4. The Hall–Kier alpha value is -0.890. The Kier molecular flexibility index (Phi) is 6.03. The highest BCUT2D eigenvalue weighted by Crippen LogP contribution is 2.27. The molecule has 1 N–H and O–H groups in total. The van der Waals surface area contributed by atoms with Crippen LogP contribution >= 0.6 is 0 Å². The largest absolute Gasteiger partial charge is 0.317 e. The monoisotopic (exact) mass is 277 g/mol. The van der Waals surface area contributed by atoms with E-state index in [-0.39, 0.29) is 5.82 Å². The molecule has 0 heterocycles. The van der Waals surface area contributed by atoms with Gasteiger partial charge in [0.1, 0.15) is 5.82 Å². The predicted octanol–water partition coefficient (Wildman–Crippen LogP) is 4.63. The molecule has 0 spiro atoms. The quantitative estimate of drug-likeness (QED) is 0.774. The van der Waals surface area contributed by atoms with Crippen LogP contribution in [0, 0.1) is 18.7 Å². The zero-order valence-corrected chi connectivity index (χ0v) is 12.9. The van der Waals surface area contributed by atoms with Crippen LogP contribution in [0.4, 0.5) is 4.39 Å². The number of benzene rings is 1. The molecule has 1 fully saturated rings. The van der Waals surface area contributed by atoms with Crippen LogP contribution in [0.1, 0.15) is 56.1 Å². The lowest BCUT2D eigenvalue weighted by molar-refractivity contribution is 0.361. The van der Waals surface area contributed by atoms with Gasteiger partial charge in [0.25, 0.3) is 0 Å². The van der Waals surface area contributed by atoms with Crippen LogP contribution < -0.4 is 5.32 Å². The normalized spacial score (nSPS) is 18.8. The Morgan fingerprint density at radius 3 is 2.50 bits per heavy atom. The minimum Gasteiger partial charge on any atom is -0.317 e. The molecule has 2 heteroatoms. The molecule has 1 saturated carbocycles. The molecule has 0 bridgehead atoms. The van der Waals surface area contributed by atoms with Crippen LogP contribution in [0.3, 0.4) is 0 Å². The van der Waals surface area contributed by atoms with Crippen molar-refractivity contribution in [2.24, 2.45) is 5.92 Å². The van der Waals surface area contributed by atoms with E-state index in [1.165, 1.54) is 50.5 Å². The third-order valence-electron chi connectivity index (χ3n) is 4.77. The maximum absolute atomic E-state index is 13.2. The molecule has 2 rings (SSSR count). The van der Waals surface area contributed by atoms with Crippen molar-refractivity contribution in [3.05, 3.63) is 35.1 Å². The molecule has 1 unspecified atom stereocenters. The van der Waals surface area contributed by atoms with Crippen LogP contribution in [0.2, 0.25) is 0 Å². The third-order valence-corrected chi connectivity index (χ3v) is 4.77. The van der Waals surface area contributed by atoms with Gasteiger partial charge < -0.3 is 5.32 Å². The minimum absolute atomic E-state index is 0.129. The smallest absolute Gasteiger partial charge is 0.123 e. The Morgan fingerprint density at radius 2 is 1.90 bits per heavy atom. The van der Waals surface area contributed by atoms with Crippen molar-refractivity contribution in [1.82, 2.24) is 5.32 Å². The number of halogens is 1. The van der Waals surface area contributed by atoms with E-state index < -0.39 is 0 Å². The van der Waals surface area contributed by atoms with Gasteiger partial charge in [0.05, 0.1) is 0 Å². The highest BCUT2D eigenvalue weighted by Gasteiger charge is 2.18. The third kappa shape index (κ3) is 4.59. The number of aryl methyl sites for hydroxylation is 1. The van der Waals surface area contributed by atoms with Gasteiger partial charge in [-0.05, 0) is 56.0 Å². The van der Waals surface area contributed by atoms with Crippen molar-refractivity contribution in [2.45, 2.75) is 64.3 Å². The maximum atomic E-state index is 13.2. The lowest BCUT2D eigenvalue weighted by Gasteiger charge is -2.23. The number of hydrogen-bond donors (Lipinski definition) is 1. The highest BCUT2D eigenvalue weighted by atomic mass is 19.1. The number of rotatable bonds is 5. The second-order valence-corrected chi connectivity index (χ2v) is 6.35. The van der Waals surface area contributed by atoms with Gasteiger partial charge in [-0.3, -0.25) is 0 Å². The molecule has 0 aliphatic heterocycles. The molecule has 20 heavy (non-hydrogen) atoms. The summed E-state index contributed by atoms with van der Waals surface area (Å²) in [7, 11) is 2.06. The number of nitrogens with one attached hydrogen (secondary N) is 1. The van der Waals surface area contributed by atoms with Gasteiger partial charge in [-0.25, -0.2) is 4.39 Å². The molecule has 0 radical (unpaired) electrons. The van der Waals surface area contributed by atoms with Crippen LogP contribution in [0.25, 0.3) is 0 Å². The summed E-state index contributed by atoms with van der Waals surface area (Å²) < 4.78 is 13.2. The Morgan fingerprint density at radius 1 is 1.20 bits per heavy atom. The van der Waals surface area contributed by atoms with E-state index in [4.69, 9.17) is 0 Å². The standard InChI is InChI=1S/C18H28FN/c1-14-11-17(19)10-9-16(14)13-18(20-2)12-15-7-5-3-4-6-8-15/h9-11,15,18,20H,3-8,12-13H2,1-2H3. The van der Waals surface area contributed by atoms with Crippen molar-refractivity contribution < 1.29 is 4.39 Å². The van der Waals surface area contributed by atoms with Gasteiger partial charge in [0, 0.05) is 6.04 Å². The zero-order valence-electron chi connectivity index (χ0n) is 12.9. The lowest BCUT2D eigenvalue weighted by atomic mass is 9.89. The van der Waals surface area contributed by atoms with Gasteiger partial charge in [-0.15, -0.1) is 0 Å². The first-order valence-electron chi connectivity index (χ1n) is 8.11. The van der Waals surface area contributed by atoms with Gasteiger partial charge in [-0.1, -0.05) is 44.6 Å². The van der Waals surface area contributed by atoms with Crippen molar-refractivity contribution in [3.63, 3.8) is 0 Å². The summed E-state index contributed by atoms with van der Waals surface area (Å²) in [6.45, 7) is 2.01. The fraction of sp³-hybridized carbons (Fsp3) is 0.667. The first-order chi connectivity index (χ1) is 9.69. The molecule has 112 valence electrons. The predicted molar refractivity (Wildman–Crippen MR) is 83.5 cm³/mol. The van der Waals surface area contributed by atoms with Gasteiger partial charge in [0.2, 0.25) is 0 Å². The molecule has 1 aliphatic rings. The highest BCUT2D eigenvalue weighted by molar-refractivity contribution is 5.27. The van der Waals surface area contributed by atoms with E-state index in [0.29, 0.717) is 6.04 Å². The molecular weight excluding hydrogens is 249 g/mol. The van der Waals surface area contributed by atoms with E-state index in [2.05, 4.69) is 12.4 Å². The molecule has 0 aromatic heterocycles. The minimum atomic E-state index is -0.129. The van der Waals surface area contributed by atoms with Gasteiger partial charge in [-0.2, -0.15) is 0 Å². The van der Waals surface area contributed by atoms with Crippen LogP contribution in [0.5, 0.6) is 0 Å². The summed E-state index contributed by atoms with van der Waals surface area (Å²) in [5.74, 6) is 0.742. The molecule has 0 amide bonds. The topological polar surface area (TPSA) is 12.0 Å². The number of hydrogen-bond acceptors (Lipinski definition) is 1. The first-order valence-corrected chi connectivity index (χ1v) is 8.11. The maximum Gasteiger partial charge on any atom is 0.123 e. The SMILES string of the molecule is CNC(Cc1ccc(F)cc1C)CC1CCCCCC1. The Bertz CT molecular complexity index is 408. The average molecular weight is 277 g/mol. The van der Waals surface area contributed by atoms with Crippen LogP contribution in [-0.4, -0.2) is 13.1 Å². The van der Waals surface area contributed by atoms with E-state index in [9.17, 15) is 4.39 Å². The van der Waals surface area contributed by atoms with E-state index in [1.54, 1.807) is 12.1 Å². The number of likely N-dealkylation sites (N-methyl/N-ethyl adjacent to an activating group) is 1. The van der Waals surface area contributed by atoms with Crippen molar-refractivity contribution in [1.29, 1.82) is 0 Å². The van der Waals surface area contributed by atoms with E-state index >= 15 is 0 Å². The molecule has 1 aromatic carbocycles. The van der Waals surface area contributed by atoms with Crippen LogP contribution in [0.15, 0.2) is 18.2 Å². The molecule has 0 saturated heterocycles. The van der Waals surface area contributed by atoms with Crippen molar-refractivity contribution >= 4 is 0 Å². The molecule has 1 nitrogen and oxygen atoms in total. The van der Waals surface area contributed by atoms with Gasteiger partial charge >= 0.3 is 0 Å². The fourth-order valence-corrected chi connectivity index (χ4v) is 3.46. The second kappa shape index (κ2) is 7.78.